The molecule has 150 valence electrons. The first-order valence-corrected chi connectivity index (χ1v) is 12.4. The number of nitrogens with one attached hydrogen (secondary N) is 1. The summed E-state index contributed by atoms with van der Waals surface area (Å²) in [6.45, 7) is 3.17. The zero-order valence-electron chi connectivity index (χ0n) is 16.0. The van der Waals surface area contributed by atoms with Crippen molar-refractivity contribution in [3.63, 3.8) is 0 Å². The molecule has 0 spiro atoms. The predicted molar refractivity (Wildman–Crippen MR) is 115 cm³/mol. The Balaban J connectivity index is 1.29. The van der Waals surface area contributed by atoms with Crippen LogP contribution in [-0.2, 0) is 16.3 Å². The van der Waals surface area contributed by atoms with Gasteiger partial charge in [-0.25, -0.2) is 13.4 Å². The summed E-state index contributed by atoms with van der Waals surface area (Å²) in [5.41, 5.74) is 9.33. The molecule has 4 rings (SSSR count). The molecule has 1 aromatic carbocycles. The molecule has 0 atom stereocenters. The van der Waals surface area contributed by atoms with E-state index < -0.39 is 9.84 Å². The van der Waals surface area contributed by atoms with Crippen molar-refractivity contribution in [1.29, 1.82) is 0 Å². The van der Waals surface area contributed by atoms with E-state index in [4.69, 9.17) is 5.73 Å². The van der Waals surface area contributed by atoms with Crippen molar-refractivity contribution in [2.75, 3.05) is 31.6 Å². The Morgan fingerprint density at radius 2 is 2.04 bits per heavy atom. The van der Waals surface area contributed by atoms with Crippen LogP contribution >= 0.6 is 11.3 Å². The van der Waals surface area contributed by atoms with Crippen LogP contribution in [0, 0.1) is 0 Å². The molecule has 28 heavy (non-hydrogen) atoms. The number of piperidine rings is 1. The number of fused-ring (bicyclic) bond motifs is 1. The number of sulfone groups is 1. The normalized spacial score (nSPS) is 16.8. The van der Waals surface area contributed by atoms with Gasteiger partial charge in [0.15, 0.2) is 0 Å². The summed E-state index contributed by atoms with van der Waals surface area (Å²) in [6.07, 6.45) is 7.34. The van der Waals surface area contributed by atoms with Crippen molar-refractivity contribution in [3.8, 4) is 0 Å². The van der Waals surface area contributed by atoms with E-state index in [-0.39, 0.29) is 4.34 Å². The molecular formula is C20H26N4O2S2. The van der Waals surface area contributed by atoms with Crippen LogP contribution in [0.15, 0.2) is 34.8 Å². The van der Waals surface area contributed by atoms with Gasteiger partial charge in [0.1, 0.15) is 5.00 Å². The highest BCUT2D eigenvalue weighted by Gasteiger charge is 2.23. The second kappa shape index (κ2) is 7.85. The van der Waals surface area contributed by atoms with E-state index in [0.29, 0.717) is 10.9 Å². The third-order valence-electron chi connectivity index (χ3n) is 5.56. The summed E-state index contributed by atoms with van der Waals surface area (Å²) in [5, 5.41) is 1.88. The highest BCUT2D eigenvalue weighted by atomic mass is 32.2. The van der Waals surface area contributed by atoms with Gasteiger partial charge in [0.05, 0.1) is 5.69 Å². The number of benzene rings is 1. The van der Waals surface area contributed by atoms with Crippen molar-refractivity contribution in [1.82, 2.24) is 14.9 Å². The standard InChI is InChI=1S/C20H26N4O2S2/c1-28(25,26)20-23-18(19(21)27-20)7-4-10-24-11-8-14(9-12-24)16-13-22-17-6-3-2-5-15(16)17/h2-3,5-6,13-14,22H,4,7-12,21H2,1H3. The summed E-state index contributed by atoms with van der Waals surface area (Å²) in [4.78, 5) is 10.1. The second-order valence-corrected chi connectivity index (χ2v) is 10.8. The molecule has 3 aromatic rings. The minimum Gasteiger partial charge on any atom is -0.389 e. The summed E-state index contributed by atoms with van der Waals surface area (Å²) >= 11 is 1.07. The number of aryl methyl sites for hydroxylation is 1. The van der Waals surface area contributed by atoms with Crippen LogP contribution in [0.1, 0.15) is 36.4 Å². The van der Waals surface area contributed by atoms with Gasteiger partial charge < -0.3 is 15.6 Å². The first kappa shape index (κ1) is 19.4. The molecular weight excluding hydrogens is 392 g/mol. The van der Waals surface area contributed by atoms with Gasteiger partial charge in [0, 0.05) is 23.4 Å². The molecule has 0 saturated carbocycles. The molecule has 1 saturated heterocycles. The van der Waals surface area contributed by atoms with E-state index in [1.165, 1.54) is 35.6 Å². The van der Waals surface area contributed by atoms with E-state index >= 15 is 0 Å². The molecule has 0 amide bonds. The first-order valence-electron chi connectivity index (χ1n) is 9.65. The zero-order chi connectivity index (χ0) is 19.7. The van der Waals surface area contributed by atoms with Crippen LogP contribution in [0.25, 0.3) is 10.9 Å². The number of anilines is 1. The quantitative estimate of drug-likeness (QED) is 0.640. The molecule has 2 aromatic heterocycles. The number of rotatable bonds is 6. The van der Waals surface area contributed by atoms with Gasteiger partial charge in [-0.2, -0.15) is 0 Å². The molecule has 3 heterocycles. The predicted octanol–water partition coefficient (Wildman–Crippen LogP) is 3.42. The number of nitrogens with two attached hydrogens (primary N) is 1. The van der Waals surface area contributed by atoms with Gasteiger partial charge >= 0.3 is 0 Å². The van der Waals surface area contributed by atoms with Crippen molar-refractivity contribution >= 4 is 37.1 Å². The number of para-hydroxylation sites is 1. The van der Waals surface area contributed by atoms with Gasteiger partial charge in [0.25, 0.3) is 0 Å². The highest BCUT2D eigenvalue weighted by Crippen LogP contribution is 2.33. The van der Waals surface area contributed by atoms with Gasteiger partial charge in [0.2, 0.25) is 14.2 Å². The summed E-state index contributed by atoms with van der Waals surface area (Å²) in [6, 6.07) is 8.51. The lowest BCUT2D eigenvalue weighted by atomic mass is 9.89. The van der Waals surface area contributed by atoms with Crippen molar-refractivity contribution in [3.05, 3.63) is 41.7 Å². The monoisotopic (exact) mass is 418 g/mol. The van der Waals surface area contributed by atoms with Gasteiger partial charge in [-0.3, -0.25) is 0 Å². The smallest absolute Gasteiger partial charge is 0.211 e. The van der Waals surface area contributed by atoms with Gasteiger partial charge in [-0.1, -0.05) is 29.5 Å². The summed E-state index contributed by atoms with van der Waals surface area (Å²) < 4.78 is 23.3. The van der Waals surface area contributed by atoms with Crippen LogP contribution in [0.2, 0.25) is 0 Å². The number of hydrogen-bond acceptors (Lipinski definition) is 6. The fourth-order valence-corrected chi connectivity index (χ4v) is 5.81. The number of hydrogen-bond donors (Lipinski definition) is 2. The number of thiazole rings is 1. The third kappa shape index (κ3) is 4.09. The number of nitrogen functional groups attached to an aromatic ring is 1. The van der Waals surface area contributed by atoms with Crippen LogP contribution in [0.4, 0.5) is 5.00 Å². The number of aromatic nitrogens is 2. The first-order chi connectivity index (χ1) is 13.4. The van der Waals surface area contributed by atoms with Crippen LogP contribution in [-0.4, -0.2) is 49.2 Å². The van der Waals surface area contributed by atoms with Crippen molar-refractivity contribution in [2.24, 2.45) is 0 Å². The number of aromatic amines is 1. The Kier molecular flexibility index (Phi) is 5.44. The molecule has 3 N–H and O–H groups in total. The van der Waals surface area contributed by atoms with Crippen molar-refractivity contribution in [2.45, 2.75) is 35.9 Å². The largest absolute Gasteiger partial charge is 0.389 e. The second-order valence-electron chi connectivity index (χ2n) is 7.57. The maximum Gasteiger partial charge on any atom is 0.211 e. The number of likely N-dealkylation sites (tertiary alicyclic amines) is 1. The molecule has 0 bridgehead atoms. The molecule has 1 fully saturated rings. The zero-order valence-corrected chi connectivity index (χ0v) is 17.7. The molecule has 0 aliphatic carbocycles. The van der Waals surface area contributed by atoms with E-state index in [0.717, 1.165) is 49.5 Å². The highest BCUT2D eigenvalue weighted by molar-refractivity contribution is 7.92. The Morgan fingerprint density at radius 1 is 1.29 bits per heavy atom. The fraction of sp³-hybridized carbons (Fsp3) is 0.450. The maximum absolute atomic E-state index is 11.6. The minimum atomic E-state index is -3.28. The molecule has 6 nitrogen and oxygen atoms in total. The Labute approximate surface area is 169 Å². The third-order valence-corrected chi connectivity index (χ3v) is 8.17. The Morgan fingerprint density at radius 3 is 2.75 bits per heavy atom. The van der Waals surface area contributed by atoms with Crippen molar-refractivity contribution < 1.29 is 8.42 Å². The van der Waals surface area contributed by atoms with E-state index in [9.17, 15) is 8.42 Å². The molecule has 1 aliphatic heterocycles. The Bertz CT molecular complexity index is 1060. The van der Waals surface area contributed by atoms with E-state index in [2.05, 4.69) is 45.3 Å². The molecule has 0 unspecified atom stereocenters. The average molecular weight is 419 g/mol. The summed E-state index contributed by atoms with van der Waals surface area (Å²) in [5.74, 6) is 0.610. The lowest BCUT2D eigenvalue weighted by Gasteiger charge is -2.31. The minimum absolute atomic E-state index is 0.125. The van der Waals surface area contributed by atoms with Crippen LogP contribution in [0.5, 0.6) is 0 Å². The lowest BCUT2D eigenvalue weighted by molar-refractivity contribution is 0.210. The number of H-pyrrole nitrogens is 1. The van der Waals surface area contributed by atoms with Gasteiger partial charge in [-0.15, -0.1) is 0 Å². The fourth-order valence-electron chi connectivity index (χ4n) is 4.05. The van der Waals surface area contributed by atoms with Gasteiger partial charge in [-0.05, 0) is 62.9 Å². The lowest BCUT2D eigenvalue weighted by Crippen LogP contribution is -2.33. The van der Waals surface area contributed by atoms with E-state index in [1.807, 2.05) is 0 Å². The topological polar surface area (TPSA) is 92.1 Å². The SMILES string of the molecule is CS(=O)(=O)c1nc(CCCN2CCC(c3c[nH]c4ccccc34)CC2)c(N)s1. The molecule has 8 heteroatoms. The van der Waals surface area contributed by atoms with E-state index in [1.54, 1.807) is 0 Å². The average Bonchev–Trinajstić information content (AvgIpc) is 3.26. The molecule has 0 radical (unpaired) electrons. The molecule has 1 aliphatic rings. The van der Waals surface area contributed by atoms with Crippen LogP contribution < -0.4 is 5.73 Å². The summed E-state index contributed by atoms with van der Waals surface area (Å²) in [7, 11) is -3.28. The van der Waals surface area contributed by atoms with Crippen LogP contribution in [0.3, 0.4) is 0 Å². The Hall–Kier alpha value is -1.90. The number of nitrogens with zero attached hydrogens (tertiary/aromatic N) is 2. The maximum atomic E-state index is 11.6.